The van der Waals surface area contributed by atoms with E-state index in [1.54, 1.807) is 0 Å². The Hall–Kier alpha value is -3.12. The molecular weight excluding hydrogens is 536 g/mol. The second kappa shape index (κ2) is 17.4. The van der Waals surface area contributed by atoms with Gasteiger partial charge in [0.2, 0.25) is 0 Å². The van der Waals surface area contributed by atoms with Gasteiger partial charge in [0.25, 0.3) is 0 Å². The zero-order valence-electron chi connectivity index (χ0n) is 28.8. The van der Waals surface area contributed by atoms with Crippen molar-refractivity contribution in [2.75, 3.05) is 0 Å². The zero-order chi connectivity index (χ0) is 32.9. The molecule has 2 rings (SSSR count). The van der Waals surface area contributed by atoms with Gasteiger partial charge in [-0.15, -0.1) is 13.0 Å². The first-order valence-corrected chi connectivity index (χ1v) is 16.3. The lowest BCUT2D eigenvalue weighted by Crippen LogP contribution is -2.29. The van der Waals surface area contributed by atoms with Gasteiger partial charge in [-0.25, -0.2) is 0 Å². The molecule has 0 spiro atoms. The number of terminal acetylenes is 1. The van der Waals surface area contributed by atoms with Crippen molar-refractivity contribution in [3.63, 3.8) is 0 Å². The summed E-state index contributed by atoms with van der Waals surface area (Å²) in [5, 5.41) is 20.4. The number of aliphatic hydroxyl groups excluding tert-OH is 2. The smallest absolute Gasteiger partial charge is 0.0595 e. The third kappa shape index (κ3) is 11.4. The summed E-state index contributed by atoms with van der Waals surface area (Å²) in [5.74, 6) is 3.54. The highest BCUT2D eigenvalue weighted by Gasteiger charge is 2.34. The van der Waals surface area contributed by atoms with Crippen molar-refractivity contribution in [1.82, 2.24) is 0 Å². The van der Waals surface area contributed by atoms with Crippen molar-refractivity contribution >= 4 is 0 Å². The molecule has 0 aliphatic heterocycles. The summed E-state index contributed by atoms with van der Waals surface area (Å²) in [6, 6.07) is 0. The van der Waals surface area contributed by atoms with Gasteiger partial charge in [-0.05, 0) is 104 Å². The standard InChI is InChI=1S/C42H58O2/c1-11-41(9)29-37(43)27-35(7)39(41)25-23-33(5)21-15-19-31(3)17-13-14-18-32(4)20-16-22-34(6)24-26-40-36(8)28-38(44)30-42(40,10)12-2/h1,12-14,16,18,20-26,31,37-38,43-44H,2,15,17,19,27-30H2,3-10H3/b14-13+,20-16+,25-23+,26-24+,32-18+,33-21+,34-22+/t31?,37-,38-,41+,42+/m1/s1. The Bertz CT molecular complexity index is 1330. The monoisotopic (exact) mass is 594 g/mol. The number of hydrogen-bond donors (Lipinski definition) is 2. The van der Waals surface area contributed by atoms with E-state index in [1.807, 2.05) is 6.08 Å². The molecule has 0 saturated carbocycles. The van der Waals surface area contributed by atoms with Crippen LogP contribution in [-0.4, -0.2) is 22.4 Å². The third-order valence-electron chi connectivity index (χ3n) is 9.19. The highest BCUT2D eigenvalue weighted by molar-refractivity contribution is 5.42. The van der Waals surface area contributed by atoms with Crippen LogP contribution in [0.15, 0.2) is 119 Å². The van der Waals surface area contributed by atoms with Crippen molar-refractivity contribution < 1.29 is 10.2 Å². The minimum atomic E-state index is -0.401. The van der Waals surface area contributed by atoms with Crippen molar-refractivity contribution in [3.8, 4) is 12.3 Å². The van der Waals surface area contributed by atoms with Gasteiger partial charge in [0, 0.05) is 5.41 Å². The quantitative estimate of drug-likeness (QED) is 0.126. The lowest BCUT2D eigenvalue weighted by atomic mass is 9.70. The van der Waals surface area contributed by atoms with Crippen LogP contribution in [0.25, 0.3) is 0 Å². The van der Waals surface area contributed by atoms with E-state index in [9.17, 15) is 10.2 Å². The SMILES string of the molecule is C#C[C@@]1(C)C[C@H](O)CC(C)=C1/C=C/C(C)=C/CCC(C)C/C=C/C=C(C)/C=C/C=C(C)/C=C/C1=C(C)C[C@@H](O)C[C@]1(C)C=C. The summed E-state index contributed by atoms with van der Waals surface area (Å²) in [4.78, 5) is 0. The first-order chi connectivity index (χ1) is 20.7. The van der Waals surface area contributed by atoms with Crippen LogP contribution in [0.4, 0.5) is 0 Å². The van der Waals surface area contributed by atoms with Crippen LogP contribution in [0, 0.1) is 29.1 Å². The Labute approximate surface area is 269 Å². The second-order valence-electron chi connectivity index (χ2n) is 13.8. The minimum absolute atomic E-state index is 0.186. The molecule has 44 heavy (non-hydrogen) atoms. The Morgan fingerprint density at radius 3 is 2.14 bits per heavy atom. The van der Waals surface area contributed by atoms with E-state index in [0.717, 1.165) is 32.1 Å². The van der Waals surface area contributed by atoms with Gasteiger partial charge >= 0.3 is 0 Å². The van der Waals surface area contributed by atoms with E-state index >= 15 is 0 Å². The number of aliphatic hydroxyl groups is 2. The van der Waals surface area contributed by atoms with Gasteiger partial charge in [-0.3, -0.25) is 0 Å². The molecular formula is C42H58O2. The van der Waals surface area contributed by atoms with Crippen molar-refractivity contribution in [3.05, 3.63) is 119 Å². The summed E-state index contributed by atoms with van der Waals surface area (Å²) in [7, 11) is 0. The molecule has 238 valence electrons. The normalized spacial score (nSPS) is 28.6. The fraction of sp³-hybridized carbons (Fsp3) is 0.476. The van der Waals surface area contributed by atoms with Crippen LogP contribution in [0.3, 0.4) is 0 Å². The molecule has 2 heteroatoms. The van der Waals surface area contributed by atoms with Crippen molar-refractivity contribution in [2.24, 2.45) is 16.7 Å². The fourth-order valence-electron chi connectivity index (χ4n) is 6.40. The average molecular weight is 595 g/mol. The highest BCUT2D eigenvalue weighted by atomic mass is 16.3. The van der Waals surface area contributed by atoms with Crippen molar-refractivity contribution in [1.29, 1.82) is 0 Å². The van der Waals surface area contributed by atoms with E-state index in [2.05, 4.69) is 135 Å². The Morgan fingerprint density at radius 1 is 0.909 bits per heavy atom. The van der Waals surface area contributed by atoms with E-state index in [0.29, 0.717) is 18.8 Å². The van der Waals surface area contributed by atoms with Gasteiger partial charge in [0.05, 0.1) is 17.6 Å². The van der Waals surface area contributed by atoms with Crippen LogP contribution in [0.1, 0.15) is 100 Å². The molecule has 0 aromatic rings. The molecule has 0 bridgehead atoms. The molecule has 0 aromatic heterocycles. The highest BCUT2D eigenvalue weighted by Crippen LogP contribution is 2.43. The maximum absolute atomic E-state index is 10.2. The Kier molecular flexibility index (Phi) is 14.6. The van der Waals surface area contributed by atoms with Gasteiger partial charge in [0.15, 0.2) is 0 Å². The lowest BCUT2D eigenvalue weighted by Gasteiger charge is -2.36. The van der Waals surface area contributed by atoms with Gasteiger partial charge in [-0.2, -0.15) is 0 Å². The van der Waals surface area contributed by atoms with E-state index in [-0.39, 0.29) is 17.6 Å². The van der Waals surface area contributed by atoms with Gasteiger partial charge in [0.1, 0.15) is 0 Å². The summed E-state index contributed by atoms with van der Waals surface area (Å²) >= 11 is 0. The maximum atomic E-state index is 10.2. The average Bonchev–Trinajstić information content (AvgIpc) is 2.94. The molecule has 5 atom stereocenters. The Balaban J connectivity index is 1.83. The molecule has 2 aliphatic carbocycles. The maximum Gasteiger partial charge on any atom is 0.0595 e. The third-order valence-corrected chi connectivity index (χ3v) is 9.19. The molecule has 0 saturated heterocycles. The molecule has 2 aliphatic rings. The number of allylic oxidation sites excluding steroid dienone is 17. The Morgan fingerprint density at radius 2 is 1.48 bits per heavy atom. The summed E-state index contributed by atoms with van der Waals surface area (Å²) in [5.41, 5.74) is 7.94. The summed E-state index contributed by atoms with van der Waals surface area (Å²) < 4.78 is 0. The topological polar surface area (TPSA) is 40.5 Å². The number of rotatable bonds is 13. The predicted molar refractivity (Wildman–Crippen MR) is 192 cm³/mol. The first-order valence-electron chi connectivity index (χ1n) is 16.3. The lowest BCUT2D eigenvalue weighted by molar-refractivity contribution is 0.126. The molecule has 0 heterocycles. The molecule has 2 N–H and O–H groups in total. The van der Waals surface area contributed by atoms with Gasteiger partial charge < -0.3 is 10.2 Å². The predicted octanol–water partition coefficient (Wildman–Crippen LogP) is 10.6. The minimum Gasteiger partial charge on any atom is -0.393 e. The van der Waals surface area contributed by atoms with E-state index < -0.39 is 5.41 Å². The van der Waals surface area contributed by atoms with Crippen LogP contribution >= 0.6 is 0 Å². The van der Waals surface area contributed by atoms with Crippen molar-refractivity contribution in [2.45, 2.75) is 113 Å². The van der Waals surface area contributed by atoms with Crippen LogP contribution in [0.5, 0.6) is 0 Å². The van der Waals surface area contributed by atoms with Crippen LogP contribution < -0.4 is 0 Å². The second-order valence-corrected chi connectivity index (χ2v) is 13.8. The summed E-state index contributed by atoms with van der Waals surface area (Å²) in [6.07, 6.45) is 37.2. The summed E-state index contributed by atoms with van der Waals surface area (Å²) in [6.45, 7) is 21.1. The molecule has 0 amide bonds. The zero-order valence-corrected chi connectivity index (χ0v) is 28.8. The van der Waals surface area contributed by atoms with Gasteiger partial charge in [-0.1, -0.05) is 121 Å². The largest absolute Gasteiger partial charge is 0.393 e. The first kappa shape index (κ1) is 37.1. The van der Waals surface area contributed by atoms with E-state index in [4.69, 9.17) is 6.42 Å². The van der Waals surface area contributed by atoms with E-state index in [1.165, 1.54) is 39.0 Å². The number of hydrogen-bond acceptors (Lipinski definition) is 2. The van der Waals surface area contributed by atoms with Crippen LogP contribution in [-0.2, 0) is 0 Å². The molecule has 0 radical (unpaired) electrons. The molecule has 0 aromatic carbocycles. The molecule has 1 unspecified atom stereocenters. The molecule has 0 fully saturated rings. The molecule has 2 nitrogen and oxygen atoms in total. The van der Waals surface area contributed by atoms with Crippen LogP contribution in [0.2, 0.25) is 0 Å². The fourth-order valence-corrected chi connectivity index (χ4v) is 6.40.